The standard InChI is InChI=1S/C32H33F3N4O5/c1-20(23-6-4-21(33)16-25(23)34)37-32(40)38-27-7-5-22(17-26(27)35)44-29-8-9-36-28-19-31(30(41-2)18-24(28)29)43-13-3-10-39-11-14-42-15-12-39/h4-9,16-20H,3,10-15H2,1-2H3,(H2,37,38,40). The lowest BCUT2D eigenvalue weighted by Gasteiger charge is -2.26. The molecule has 1 aromatic heterocycles. The predicted octanol–water partition coefficient (Wildman–Crippen LogP) is 6.44. The smallest absolute Gasteiger partial charge is 0.319 e. The number of fused-ring (bicyclic) bond motifs is 1. The number of nitrogens with zero attached hydrogens (tertiary/aromatic N) is 2. The second-order valence-electron chi connectivity index (χ2n) is 10.2. The number of halogens is 3. The number of carbonyl (C=O) groups is 1. The van der Waals surface area contributed by atoms with E-state index in [0.29, 0.717) is 34.8 Å². The van der Waals surface area contributed by atoms with E-state index in [1.807, 2.05) is 0 Å². The number of benzene rings is 3. The summed E-state index contributed by atoms with van der Waals surface area (Å²) in [6, 6.07) is 10.7. The number of anilines is 1. The average molecular weight is 611 g/mol. The summed E-state index contributed by atoms with van der Waals surface area (Å²) in [6.07, 6.45) is 2.43. The summed E-state index contributed by atoms with van der Waals surface area (Å²) < 4.78 is 65.1. The summed E-state index contributed by atoms with van der Waals surface area (Å²) in [5.41, 5.74) is 0.585. The molecule has 0 spiro atoms. The average Bonchev–Trinajstić information content (AvgIpc) is 3.01. The molecule has 0 saturated carbocycles. The summed E-state index contributed by atoms with van der Waals surface area (Å²) in [6.45, 7) is 6.30. The van der Waals surface area contributed by atoms with Gasteiger partial charge >= 0.3 is 6.03 Å². The minimum absolute atomic E-state index is 0.0921. The lowest BCUT2D eigenvalue weighted by molar-refractivity contribution is 0.0357. The molecule has 2 heterocycles. The topological polar surface area (TPSA) is 94.2 Å². The van der Waals surface area contributed by atoms with Crippen molar-refractivity contribution in [1.29, 1.82) is 0 Å². The van der Waals surface area contributed by atoms with Gasteiger partial charge in [0.1, 0.15) is 29.0 Å². The second-order valence-corrected chi connectivity index (χ2v) is 10.2. The summed E-state index contributed by atoms with van der Waals surface area (Å²) >= 11 is 0. The van der Waals surface area contributed by atoms with Crippen molar-refractivity contribution in [2.24, 2.45) is 0 Å². The van der Waals surface area contributed by atoms with E-state index in [9.17, 15) is 18.0 Å². The van der Waals surface area contributed by atoms with Crippen molar-refractivity contribution in [2.45, 2.75) is 19.4 Å². The van der Waals surface area contributed by atoms with Crippen molar-refractivity contribution in [3.05, 3.63) is 83.8 Å². The lowest BCUT2D eigenvalue weighted by atomic mass is 10.1. The van der Waals surface area contributed by atoms with Crippen molar-refractivity contribution < 1.29 is 36.9 Å². The summed E-state index contributed by atoms with van der Waals surface area (Å²) in [5, 5.41) is 5.54. The fraction of sp³-hybridized carbons (Fsp3) is 0.312. The van der Waals surface area contributed by atoms with E-state index < -0.39 is 29.5 Å². The molecule has 232 valence electrons. The highest BCUT2D eigenvalue weighted by molar-refractivity contribution is 5.90. The summed E-state index contributed by atoms with van der Waals surface area (Å²) in [4.78, 5) is 19.2. The van der Waals surface area contributed by atoms with Gasteiger partial charge in [0.05, 0.1) is 44.2 Å². The Labute approximate surface area is 252 Å². The van der Waals surface area contributed by atoms with Crippen LogP contribution >= 0.6 is 0 Å². The molecule has 5 rings (SSSR count). The molecule has 1 atom stereocenters. The third-order valence-electron chi connectivity index (χ3n) is 7.16. The molecule has 1 aliphatic rings. The van der Waals surface area contributed by atoms with Crippen LogP contribution in [0.4, 0.5) is 23.7 Å². The molecule has 1 unspecified atom stereocenters. The van der Waals surface area contributed by atoms with Crippen molar-refractivity contribution in [3.63, 3.8) is 0 Å². The van der Waals surface area contributed by atoms with Crippen LogP contribution in [-0.2, 0) is 4.74 Å². The first kappa shape index (κ1) is 30.9. The summed E-state index contributed by atoms with van der Waals surface area (Å²) in [7, 11) is 1.55. The molecular formula is C32H33F3N4O5. The molecule has 3 aromatic carbocycles. The van der Waals surface area contributed by atoms with Crippen LogP contribution in [-0.4, -0.2) is 62.5 Å². The number of carbonyl (C=O) groups excluding carboxylic acids is 1. The van der Waals surface area contributed by atoms with E-state index in [-0.39, 0.29) is 17.0 Å². The molecule has 0 aliphatic carbocycles. The Bertz CT molecular complexity index is 1620. The van der Waals surface area contributed by atoms with E-state index in [2.05, 4.69) is 20.5 Å². The zero-order chi connectivity index (χ0) is 31.1. The van der Waals surface area contributed by atoms with Gasteiger partial charge in [-0.15, -0.1) is 0 Å². The van der Waals surface area contributed by atoms with Gasteiger partial charge in [0, 0.05) is 55.0 Å². The Morgan fingerprint density at radius 3 is 2.57 bits per heavy atom. The van der Waals surface area contributed by atoms with Crippen molar-refractivity contribution in [3.8, 4) is 23.0 Å². The molecule has 0 radical (unpaired) electrons. The van der Waals surface area contributed by atoms with Gasteiger partial charge in [0.2, 0.25) is 0 Å². The number of morpholine rings is 1. The highest BCUT2D eigenvalue weighted by atomic mass is 19.1. The maximum atomic E-state index is 15.0. The quantitative estimate of drug-likeness (QED) is 0.189. The highest BCUT2D eigenvalue weighted by Crippen LogP contribution is 2.37. The number of hydrogen-bond donors (Lipinski definition) is 2. The lowest BCUT2D eigenvalue weighted by Crippen LogP contribution is -2.37. The molecule has 12 heteroatoms. The van der Waals surface area contributed by atoms with Crippen LogP contribution in [0.3, 0.4) is 0 Å². The Morgan fingerprint density at radius 1 is 1.00 bits per heavy atom. The van der Waals surface area contributed by atoms with Crippen molar-refractivity contribution in [2.75, 3.05) is 51.9 Å². The minimum Gasteiger partial charge on any atom is -0.493 e. The van der Waals surface area contributed by atoms with Gasteiger partial charge in [0.25, 0.3) is 0 Å². The number of urea groups is 1. The first-order valence-electron chi connectivity index (χ1n) is 14.2. The number of rotatable bonds is 11. The highest BCUT2D eigenvalue weighted by Gasteiger charge is 2.17. The fourth-order valence-electron chi connectivity index (χ4n) is 4.86. The molecule has 2 amide bonds. The number of amides is 2. The van der Waals surface area contributed by atoms with Gasteiger partial charge in [-0.1, -0.05) is 6.07 Å². The second kappa shape index (κ2) is 14.3. The van der Waals surface area contributed by atoms with Crippen LogP contribution < -0.4 is 24.8 Å². The molecule has 9 nitrogen and oxygen atoms in total. The Morgan fingerprint density at radius 2 is 1.82 bits per heavy atom. The van der Waals surface area contributed by atoms with Gasteiger partial charge in [-0.05, 0) is 43.7 Å². The third kappa shape index (κ3) is 7.69. The Balaban J connectivity index is 1.22. The molecule has 0 bridgehead atoms. The molecule has 2 N–H and O–H groups in total. The number of nitrogens with one attached hydrogen (secondary N) is 2. The third-order valence-corrected chi connectivity index (χ3v) is 7.16. The van der Waals surface area contributed by atoms with Gasteiger partial charge in [-0.25, -0.2) is 18.0 Å². The van der Waals surface area contributed by atoms with E-state index in [1.54, 1.807) is 31.5 Å². The largest absolute Gasteiger partial charge is 0.493 e. The zero-order valence-electron chi connectivity index (χ0n) is 24.4. The number of methoxy groups -OCH3 is 1. The van der Waals surface area contributed by atoms with E-state index in [4.69, 9.17) is 18.9 Å². The van der Waals surface area contributed by atoms with Crippen LogP contribution in [0.15, 0.2) is 60.8 Å². The molecule has 4 aromatic rings. The molecule has 1 aliphatic heterocycles. The molecular weight excluding hydrogens is 577 g/mol. The Kier molecular flexibility index (Phi) is 10.0. The molecule has 1 saturated heterocycles. The zero-order valence-corrected chi connectivity index (χ0v) is 24.4. The first-order chi connectivity index (χ1) is 21.3. The SMILES string of the molecule is COc1cc2c(Oc3ccc(NC(=O)NC(C)c4ccc(F)cc4F)c(F)c3)ccnc2cc1OCCCN1CCOCC1. The van der Waals surface area contributed by atoms with Crippen molar-refractivity contribution in [1.82, 2.24) is 15.2 Å². The maximum Gasteiger partial charge on any atom is 0.319 e. The number of aromatic nitrogens is 1. The first-order valence-corrected chi connectivity index (χ1v) is 14.2. The summed E-state index contributed by atoms with van der Waals surface area (Å²) in [5.74, 6) is -0.603. The number of ether oxygens (including phenoxy) is 4. The molecule has 1 fully saturated rings. The van der Waals surface area contributed by atoms with Crippen LogP contribution in [0.1, 0.15) is 24.9 Å². The van der Waals surface area contributed by atoms with E-state index in [1.165, 1.54) is 25.1 Å². The predicted molar refractivity (Wildman–Crippen MR) is 159 cm³/mol. The number of hydrogen-bond acceptors (Lipinski definition) is 7. The van der Waals surface area contributed by atoms with Gasteiger partial charge in [-0.3, -0.25) is 9.88 Å². The van der Waals surface area contributed by atoms with Crippen molar-refractivity contribution >= 4 is 22.6 Å². The Hall–Kier alpha value is -4.55. The number of pyridine rings is 1. The normalized spacial score (nSPS) is 14.2. The monoisotopic (exact) mass is 610 g/mol. The fourth-order valence-corrected chi connectivity index (χ4v) is 4.86. The van der Waals surface area contributed by atoms with Crippen LogP contribution in [0.25, 0.3) is 10.9 Å². The van der Waals surface area contributed by atoms with Crippen LogP contribution in [0.5, 0.6) is 23.0 Å². The van der Waals surface area contributed by atoms with Crippen LogP contribution in [0, 0.1) is 17.5 Å². The van der Waals surface area contributed by atoms with E-state index >= 15 is 0 Å². The van der Waals surface area contributed by atoms with Crippen LogP contribution in [0.2, 0.25) is 0 Å². The van der Waals surface area contributed by atoms with Gasteiger partial charge < -0.3 is 29.6 Å². The maximum absolute atomic E-state index is 15.0. The van der Waals surface area contributed by atoms with Gasteiger partial charge in [0.15, 0.2) is 11.5 Å². The minimum atomic E-state index is -0.796. The van der Waals surface area contributed by atoms with Gasteiger partial charge in [-0.2, -0.15) is 0 Å². The molecule has 44 heavy (non-hydrogen) atoms. The van der Waals surface area contributed by atoms with E-state index in [0.717, 1.165) is 57.5 Å².